The number of ether oxygens (including phenoxy) is 3. The minimum Gasteiger partial charge on any atom is -0.479 e. The zero-order valence-corrected chi connectivity index (χ0v) is 16.8. The molecular weight excluding hydrogens is 384 g/mol. The second-order valence-electron chi connectivity index (χ2n) is 8.04. The lowest BCUT2D eigenvalue weighted by Crippen LogP contribution is -2.47. The van der Waals surface area contributed by atoms with Gasteiger partial charge in [0.05, 0.1) is 5.69 Å². The highest BCUT2D eigenvalue weighted by Crippen LogP contribution is 2.46. The van der Waals surface area contributed by atoms with Crippen LogP contribution in [0.15, 0.2) is 42.5 Å². The van der Waals surface area contributed by atoms with Crippen LogP contribution in [0.2, 0.25) is 0 Å². The maximum Gasteiger partial charge on any atom is 0.268 e. The standard InChI is InChI=1S/C23H24N2O5/c1-15-22(27)25(17-7-3-4-8-18(17)28-15)14-21(26)24-16-9-10-19-20(13-16)30-23(29-19)11-5-2-6-12-23/h3-4,7-10,13,15H,2,5-6,11-12,14H2,1H3,(H,24,26)/t15-/m1/s1. The average Bonchev–Trinajstić information content (AvgIpc) is 3.08. The first-order chi connectivity index (χ1) is 14.5. The van der Waals surface area contributed by atoms with Gasteiger partial charge in [0.1, 0.15) is 12.3 Å². The Morgan fingerprint density at radius 3 is 2.67 bits per heavy atom. The summed E-state index contributed by atoms with van der Waals surface area (Å²) < 4.78 is 17.8. The van der Waals surface area contributed by atoms with E-state index < -0.39 is 11.9 Å². The molecule has 0 bridgehead atoms. The van der Waals surface area contributed by atoms with Gasteiger partial charge in [-0.3, -0.25) is 14.5 Å². The average molecular weight is 408 g/mol. The van der Waals surface area contributed by atoms with Gasteiger partial charge >= 0.3 is 0 Å². The van der Waals surface area contributed by atoms with Crippen LogP contribution in [0.25, 0.3) is 0 Å². The molecule has 2 heterocycles. The van der Waals surface area contributed by atoms with Crippen LogP contribution in [-0.4, -0.2) is 30.3 Å². The van der Waals surface area contributed by atoms with E-state index in [1.807, 2.05) is 18.2 Å². The Morgan fingerprint density at radius 1 is 1.07 bits per heavy atom. The zero-order valence-electron chi connectivity index (χ0n) is 16.8. The molecule has 3 aliphatic rings. The van der Waals surface area contributed by atoms with Crippen molar-refractivity contribution in [3.63, 3.8) is 0 Å². The van der Waals surface area contributed by atoms with E-state index in [2.05, 4.69) is 5.32 Å². The molecule has 2 aromatic carbocycles. The Balaban J connectivity index is 1.29. The summed E-state index contributed by atoms with van der Waals surface area (Å²) in [5.41, 5.74) is 1.21. The van der Waals surface area contributed by atoms with Gasteiger partial charge < -0.3 is 19.5 Å². The Hall–Kier alpha value is -3.22. The van der Waals surface area contributed by atoms with Gasteiger partial charge in [-0.15, -0.1) is 0 Å². The van der Waals surface area contributed by atoms with Crippen molar-refractivity contribution in [1.29, 1.82) is 0 Å². The topological polar surface area (TPSA) is 77.1 Å². The number of benzene rings is 2. The van der Waals surface area contributed by atoms with Crippen molar-refractivity contribution >= 4 is 23.2 Å². The van der Waals surface area contributed by atoms with Crippen molar-refractivity contribution in [2.75, 3.05) is 16.8 Å². The molecule has 156 valence electrons. The SMILES string of the molecule is C[C@H]1Oc2ccccc2N(CC(=O)Nc2ccc3c(c2)OC2(CCCCC2)O3)C1=O. The van der Waals surface area contributed by atoms with Gasteiger partial charge in [-0.05, 0) is 44.0 Å². The molecule has 1 fully saturated rings. The molecule has 5 rings (SSSR count). The fourth-order valence-corrected chi connectivity index (χ4v) is 4.33. The van der Waals surface area contributed by atoms with Crippen LogP contribution in [0, 0.1) is 0 Å². The maximum absolute atomic E-state index is 12.7. The fourth-order valence-electron chi connectivity index (χ4n) is 4.33. The van der Waals surface area contributed by atoms with Crippen LogP contribution in [0.5, 0.6) is 17.2 Å². The molecule has 1 atom stereocenters. The number of amides is 2. The van der Waals surface area contributed by atoms with Crippen LogP contribution in [-0.2, 0) is 9.59 Å². The second-order valence-corrected chi connectivity index (χ2v) is 8.04. The largest absolute Gasteiger partial charge is 0.479 e. The molecule has 0 unspecified atom stereocenters. The van der Waals surface area contributed by atoms with Crippen molar-refractivity contribution in [2.45, 2.75) is 50.9 Å². The summed E-state index contributed by atoms with van der Waals surface area (Å²) in [6.07, 6.45) is 4.50. The summed E-state index contributed by atoms with van der Waals surface area (Å²) in [6, 6.07) is 12.6. The molecule has 1 saturated carbocycles. The van der Waals surface area contributed by atoms with Crippen molar-refractivity contribution in [1.82, 2.24) is 0 Å². The first kappa shape index (κ1) is 18.8. The van der Waals surface area contributed by atoms with Crippen molar-refractivity contribution in [3.05, 3.63) is 42.5 Å². The number of anilines is 2. The predicted octanol–water partition coefficient (Wildman–Crippen LogP) is 3.87. The van der Waals surface area contributed by atoms with E-state index in [0.717, 1.165) is 25.7 Å². The summed E-state index contributed by atoms with van der Waals surface area (Å²) in [4.78, 5) is 26.8. The van der Waals surface area contributed by atoms with E-state index in [0.29, 0.717) is 28.6 Å². The van der Waals surface area contributed by atoms with Crippen LogP contribution >= 0.6 is 0 Å². The molecule has 2 aromatic rings. The number of nitrogens with one attached hydrogen (secondary N) is 1. The van der Waals surface area contributed by atoms with Gasteiger partial charge in [0.2, 0.25) is 5.91 Å². The van der Waals surface area contributed by atoms with Crippen LogP contribution in [0.3, 0.4) is 0 Å². The number of fused-ring (bicyclic) bond motifs is 2. The van der Waals surface area contributed by atoms with E-state index in [9.17, 15) is 9.59 Å². The lowest BCUT2D eigenvalue weighted by Gasteiger charge is -2.32. The van der Waals surface area contributed by atoms with E-state index in [-0.39, 0.29) is 18.4 Å². The van der Waals surface area contributed by atoms with Crippen LogP contribution in [0.4, 0.5) is 11.4 Å². The Labute approximate surface area is 174 Å². The fraction of sp³-hybridized carbons (Fsp3) is 0.391. The molecule has 1 aliphatic carbocycles. The Morgan fingerprint density at radius 2 is 1.83 bits per heavy atom. The number of hydrogen-bond donors (Lipinski definition) is 1. The van der Waals surface area contributed by atoms with Gasteiger partial charge in [-0.2, -0.15) is 0 Å². The summed E-state index contributed by atoms with van der Waals surface area (Å²) >= 11 is 0. The van der Waals surface area contributed by atoms with E-state index in [4.69, 9.17) is 14.2 Å². The number of rotatable bonds is 3. The molecule has 0 radical (unpaired) electrons. The quantitative estimate of drug-likeness (QED) is 0.834. The third-order valence-corrected chi connectivity index (χ3v) is 5.81. The maximum atomic E-state index is 12.7. The van der Waals surface area contributed by atoms with Crippen molar-refractivity contribution < 1.29 is 23.8 Å². The molecule has 7 heteroatoms. The number of carbonyl (C=O) groups is 2. The normalized spacial score (nSPS) is 21.2. The molecule has 0 aromatic heterocycles. The summed E-state index contributed by atoms with van der Waals surface area (Å²) in [6.45, 7) is 1.59. The van der Waals surface area contributed by atoms with E-state index in [1.54, 1.807) is 31.2 Å². The molecule has 2 amide bonds. The Bertz CT molecular complexity index is 999. The number of hydrogen-bond acceptors (Lipinski definition) is 5. The van der Waals surface area contributed by atoms with Crippen LogP contribution in [0.1, 0.15) is 39.0 Å². The van der Waals surface area contributed by atoms with Crippen LogP contribution < -0.4 is 24.4 Å². The van der Waals surface area contributed by atoms with Gasteiger partial charge in [0.25, 0.3) is 11.7 Å². The highest BCUT2D eigenvalue weighted by atomic mass is 16.7. The molecule has 2 aliphatic heterocycles. The van der Waals surface area contributed by atoms with Gasteiger partial charge in [0, 0.05) is 24.6 Å². The molecule has 1 N–H and O–H groups in total. The minimum atomic E-state index is -0.634. The molecule has 7 nitrogen and oxygen atoms in total. The Kier molecular flexibility index (Phi) is 4.53. The summed E-state index contributed by atoms with van der Waals surface area (Å²) in [5, 5.41) is 2.87. The number of carbonyl (C=O) groups excluding carboxylic acids is 2. The highest BCUT2D eigenvalue weighted by Gasteiger charge is 2.42. The third kappa shape index (κ3) is 3.34. The third-order valence-electron chi connectivity index (χ3n) is 5.81. The number of para-hydroxylation sites is 2. The first-order valence-corrected chi connectivity index (χ1v) is 10.4. The smallest absolute Gasteiger partial charge is 0.268 e. The second kappa shape index (κ2) is 7.23. The lowest BCUT2D eigenvalue weighted by atomic mass is 9.94. The summed E-state index contributed by atoms with van der Waals surface area (Å²) in [5.74, 6) is 0.867. The van der Waals surface area contributed by atoms with Gasteiger partial charge in [-0.1, -0.05) is 18.6 Å². The van der Waals surface area contributed by atoms with Gasteiger partial charge in [0.15, 0.2) is 17.6 Å². The monoisotopic (exact) mass is 408 g/mol. The van der Waals surface area contributed by atoms with Crippen molar-refractivity contribution in [2.24, 2.45) is 0 Å². The van der Waals surface area contributed by atoms with E-state index >= 15 is 0 Å². The predicted molar refractivity (Wildman–Crippen MR) is 111 cm³/mol. The first-order valence-electron chi connectivity index (χ1n) is 10.4. The number of nitrogens with zero attached hydrogens (tertiary/aromatic N) is 1. The molecule has 0 saturated heterocycles. The summed E-state index contributed by atoms with van der Waals surface area (Å²) in [7, 11) is 0. The van der Waals surface area contributed by atoms with E-state index in [1.165, 1.54) is 11.3 Å². The highest BCUT2D eigenvalue weighted by molar-refractivity contribution is 6.06. The minimum absolute atomic E-state index is 0.0953. The lowest BCUT2D eigenvalue weighted by molar-refractivity contribution is -0.127. The molecule has 1 spiro atoms. The molecule has 30 heavy (non-hydrogen) atoms. The van der Waals surface area contributed by atoms with Crippen molar-refractivity contribution in [3.8, 4) is 17.2 Å². The van der Waals surface area contributed by atoms with Gasteiger partial charge in [-0.25, -0.2) is 0 Å². The zero-order chi connectivity index (χ0) is 20.7. The molecular formula is C23H24N2O5.